The van der Waals surface area contributed by atoms with E-state index in [0.717, 1.165) is 18.4 Å². The van der Waals surface area contributed by atoms with Crippen molar-refractivity contribution >= 4 is 11.6 Å². The van der Waals surface area contributed by atoms with Crippen LogP contribution in [0.15, 0.2) is 12.3 Å². The Bertz CT molecular complexity index is 400. The third-order valence-electron chi connectivity index (χ3n) is 2.66. The molecule has 0 aromatic carbocycles. The topological polar surface area (TPSA) is 76.2 Å². The first-order valence-electron chi connectivity index (χ1n) is 5.04. The van der Waals surface area contributed by atoms with Gasteiger partial charge in [-0.1, -0.05) is 0 Å². The van der Waals surface area contributed by atoms with E-state index in [1.165, 1.54) is 0 Å². The molecule has 1 aliphatic rings. The Hall–Kier alpha value is -1.42. The zero-order valence-electron chi connectivity index (χ0n) is 8.60. The molecule has 0 aliphatic heterocycles. The number of hydrogen-bond donors (Lipinski definition) is 2. The van der Waals surface area contributed by atoms with Gasteiger partial charge < -0.3 is 10.8 Å². The van der Waals surface area contributed by atoms with Crippen LogP contribution in [0.1, 0.15) is 28.8 Å². The Morgan fingerprint density at radius 1 is 1.67 bits per heavy atom. The largest absolute Gasteiger partial charge is 0.385 e. The van der Waals surface area contributed by atoms with Gasteiger partial charge in [-0.2, -0.15) is 0 Å². The minimum atomic E-state index is -0.907. The number of carbonyl (C=O) groups is 1. The third kappa shape index (κ3) is 1.99. The van der Waals surface area contributed by atoms with Gasteiger partial charge in [-0.3, -0.25) is 4.79 Å². The molecule has 1 fully saturated rings. The molecule has 1 unspecified atom stereocenters. The Morgan fingerprint density at radius 2 is 2.33 bits per heavy atom. The van der Waals surface area contributed by atoms with Gasteiger partial charge in [-0.05, 0) is 37.3 Å². The highest BCUT2D eigenvalue weighted by Gasteiger charge is 2.35. The first kappa shape index (κ1) is 10.1. The summed E-state index contributed by atoms with van der Waals surface area (Å²) in [5, 5.41) is 9.69. The van der Waals surface area contributed by atoms with Crippen molar-refractivity contribution in [2.75, 3.05) is 5.73 Å². The fourth-order valence-corrected chi connectivity index (χ4v) is 1.56. The third-order valence-corrected chi connectivity index (χ3v) is 2.66. The van der Waals surface area contributed by atoms with Gasteiger partial charge in [-0.15, -0.1) is 0 Å². The van der Waals surface area contributed by atoms with Crippen LogP contribution < -0.4 is 5.73 Å². The molecule has 4 heteroatoms. The standard InChI is InChI=1S/C11H14N2O2/c1-6-4-8(11(12)13-5-6)10(15)9(14)7-2-3-7/h4-5,7,9,14H,2-3H2,1H3,(H2,12,13). The molecule has 4 nitrogen and oxygen atoms in total. The van der Waals surface area contributed by atoms with E-state index in [9.17, 15) is 9.90 Å². The van der Waals surface area contributed by atoms with E-state index in [1.807, 2.05) is 6.92 Å². The smallest absolute Gasteiger partial charge is 0.195 e. The van der Waals surface area contributed by atoms with Crippen molar-refractivity contribution in [2.24, 2.45) is 5.92 Å². The number of aryl methyl sites for hydroxylation is 1. The highest BCUT2D eigenvalue weighted by Crippen LogP contribution is 2.34. The average molecular weight is 206 g/mol. The number of carbonyl (C=O) groups excluding carboxylic acids is 1. The van der Waals surface area contributed by atoms with Gasteiger partial charge in [0.2, 0.25) is 0 Å². The van der Waals surface area contributed by atoms with Crippen LogP contribution in [0.5, 0.6) is 0 Å². The fraction of sp³-hybridized carbons (Fsp3) is 0.455. The maximum absolute atomic E-state index is 11.8. The van der Waals surface area contributed by atoms with E-state index in [0.29, 0.717) is 5.56 Å². The van der Waals surface area contributed by atoms with Crippen LogP contribution in [0.2, 0.25) is 0 Å². The van der Waals surface area contributed by atoms with Crippen molar-refractivity contribution in [1.29, 1.82) is 0 Å². The highest BCUT2D eigenvalue weighted by molar-refractivity contribution is 6.03. The van der Waals surface area contributed by atoms with Crippen molar-refractivity contribution in [1.82, 2.24) is 4.98 Å². The lowest BCUT2D eigenvalue weighted by molar-refractivity contribution is 0.0704. The normalized spacial score (nSPS) is 17.5. The Labute approximate surface area is 88.1 Å². The molecule has 0 spiro atoms. The van der Waals surface area contributed by atoms with E-state index in [-0.39, 0.29) is 17.5 Å². The molecule has 1 aliphatic carbocycles. The van der Waals surface area contributed by atoms with Crippen LogP contribution in [0.3, 0.4) is 0 Å². The number of Topliss-reactive ketones (excluding diaryl/α,β-unsaturated/α-hetero) is 1. The summed E-state index contributed by atoms with van der Waals surface area (Å²) in [6.45, 7) is 1.84. The van der Waals surface area contributed by atoms with Crippen LogP contribution in [0.25, 0.3) is 0 Å². The van der Waals surface area contributed by atoms with Gasteiger partial charge in [0, 0.05) is 6.20 Å². The molecule has 1 heterocycles. The number of hydrogen-bond acceptors (Lipinski definition) is 4. The summed E-state index contributed by atoms with van der Waals surface area (Å²) >= 11 is 0. The lowest BCUT2D eigenvalue weighted by atomic mass is 10.0. The van der Waals surface area contributed by atoms with Gasteiger partial charge in [-0.25, -0.2) is 4.98 Å². The molecule has 2 rings (SSSR count). The number of aliphatic hydroxyl groups excluding tert-OH is 1. The van der Waals surface area contributed by atoms with Gasteiger partial charge in [0.25, 0.3) is 0 Å². The first-order valence-corrected chi connectivity index (χ1v) is 5.04. The number of anilines is 1. The van der Waals surface area contributed by atoms with E-state index in [1.54, 1.807) is 12.3 Å². The first-order chi connectivity index (χ1) is 7.09. The summed E-state index contributed by atoms with van der Waals surface area (Å²) in [6.07, 6.45) is 2.55. The second-order valence-corrected chi connectivity index (χ2v) is 4.09. The van der Waals surface area contributed by atoms with Gasteiger partial charge >= 0.3 is 0 Å². The molecule has 80 valence electrons. The number of nitrogens with zero attached hydrogens (tertiary/aromatic N) is 1. The summed E-state index contributed by atoms with van der Waals surface area (Å²) in [4.78, 5) is 15.7. The van der Waals surface area contributed by atoms with E-state index in [4.69, 9.17) is 5.73 Å². The van der Waals surface area contributed by atoms with Crippen LogP contribution in [-0.4, -0.2) is 22.0 Å². The highest BCUT2D eigenvalue weighted by atomic mass is 16.3. The average Bonchev–Trinajstić information content (AvgIpc) is 3.03. The monoisotopic (exact) mass is 206 g/mol. The number of aromatic nitrogens is 1. The molecular formula is C11H14N2O2. The summed E-state index contributed by atoms with van der Waals surface area (Å²) in [5.74, 6) is 0.0221. The van der Waals surface area contributed by atoms with Crippen molar-refractivity contribution in [3.63, 3.8) is 0 Å². The number of ketones is 1. The number of nitrogens with two attached hydrogens (primary N) is 1. The molecule has 0 amide bonds. The number of pyridine rings is 1. The van der Waals surface area contributed by atoms with Crippen molar-refractivity contribution < 1.29 is 9.90 Å². The fourth-order valence-electron chi connectivity index (χ4n) is 1.56. The maximum Gasteiger partial charge on any atom is 0.195 e. The lowest BCUT2D eigenvalue weighted by Gasteiger charge is -2.09. The van der Waals surface area contributed by atoms with Crippen LogP contribution in [-0.2, 0) is 0 Å². The van der Waals surface area contributed by atoms with Gasteiger partial charge in [0.1, 0.15) is 11.9 Å². The van der Waals surface area contributed by atoms with Crippen molar-refractivity contribution in [3.8, 4) is 0 Å². The summed E-state index contributed by atoms with van der Waals surface area (Å²) in [7, 11) is 0. The zero-order chi connectivity index (χ0) is 11.0. The number of rotatable bonds is 3. The quantitative estimate of drug-likeness (QED) is 0.721. The molecule has 1 aromatic heterocycles. The van der Waals surface area contributed by atoms with Crippen molar-refractivity contribution in [3.05, 3.63) is 23.4 Å². The molecule has 0 bridgehead atoms. The van der Waals surface area contributed by atoms with Gasteiger partial charge in [0.15, 0.2) is 5.78 Å². The maximum atomic E-state index is 11.8. The molecule has 0 saturated heterocycles. The predicted octanol–water partition coefficient (Wildman–Crippen LogP) is 0.926. The Kier molecular flexibility index (Phi) is 2.44. The second-order valence-electron chi connectivity index (χ2n) is 4.09. The van der Waals surface area contributed by atoms with E-state index < -0.39 is 6.10 Å². The lowest BCUT2D eigenvalue weighted by Crippen LogP contribution is -2.24. The second kappa shape index (κ2) is 3.62. The summed E-state index contributed by atoms with van der Waals surface area (Å²) < 4.78 is 0. The molecule has 0 radical (unpaired) electrons. The molecule has 1 aromatic rings. The predicted molar refractivity (Wildman–Crippen MR) is 56.4 cm³/mol. The molecular weight excluding hydrogens is 192 g/mol. The van der Waals surface area contributed by atoms with Crippen LogP contribution >= 0.6 is 0 Å². The van der Waals surface area contributed by atoms with E-state index >= 15 is 0 Å². The molecule has 1 saturated carbocycles. The number of aliphatic hydroxyl groups is 1. The SMILES string of the molecule is Cc1cnc(N)c(C(=O)C(O)C2CC2)c1. The van der Waals surface area contributed by atoms with Gasteiger partial charge in [0.05, 0.1) is 5.56 Å². The van der Waals surface area contributed by atoms with Crippen molar-refractivity contribution in [2.45, 2.75) is 25.9 Å². The van der Waals surface area contributed by atoms with Crippen LogP contribution in [0.4, 0.5) is 5.82 Å². The molecule has 3 N–H and O–H groups in total. The molecule has 15 heavy (non-hydrogen) atoms. The number of nitrogen functional groups attached to an aromatic ring is 1. The Balaban J connectivity index is 2.27. The summed E-state index contributed by atoms with van der Waals surface area (Å²) in [6, 6.07) is 1.68. The van der Waals surface area contributed by atoms with E-state index in [2.05, 4.69) is 4.98 Å². The molecule has 1 atom stereocenters. The van der Waals surface area contributed by atoms with Crippen LogP contribution in [0, 0.1) is 12.8 Å². The summed E-state index contributed by atoms with van der Waals surface area (Å²) in [5.41, 5.74) is 6.82. The minimum absolute atomic E-state index is 0.123. The zero-order valence-corrected chi connectivity index (χ0v) is 8.60. The Morgan fingerprint density at radius 3 is 2.93 bits per heavy atom. The minimum Gasteiger partial charge on any atom is -0.385 e.